The largest absolute Gasteiger partial charge is 0.458 e. The topological polar surface area (TPSA) is 75.1 Å². The van der Waals surface area contributed by atoms with Gasteiger partial charge >= 0.3 is 0 Å². The Morgan fingerprint density at radius 1 is 0.583 bits per heavy atom. The lowest BCUT2D eigenvalue weighted by molar-refractivity contribution is 0.532. The first-order chi connectivity index (χ1) is 23.8. The number of fused-ring (bicyclic) bond motifs is 7. The van der Waals surface area contributed by atoms with E-state index >= 15 is 0 Å². The summed E-state index contributed by atoms with van der Waals surface area (Å²) < 4.78 is 12.8. The maximum absolute atomic E-state index is 6.51. The molecule has 48 heavy (non-hydrogen) atoms. The molecule has 1 unspecified atom stereocenters. The number of rotatable bonds is 4. The van der Waals surface area contributed by atoms with Gasteiger partial charge in [0.05, 0.1) is 6.54 Å². The minimum atomic E-state index is -0.525. The van der Waals surface area contributed by atoms with Crippen molar-refractivity contribution in [3.63, 3.8) is 0 Å². The zero-order valence-electron chi connectivity index (χ0n) is 25.8. The number of hydrogen-bond donors (Lipinski definition) is 2. The van der Waals surface area contributed by atoms with Gasteiger partial charge < -0.3 is 19.5 Å². The summed E-state index contributed by atoms with van der Waals surface area (Å²) in [6, 6.07) is 44.0. The molecule has 2 N–H and O–H groups in total. The summed E-state index contributed by atoms with van der Waals surface area (Å²) in [6.45, 7) is 0.627. The van der Waals surface area contributed by atoms with Crippen LogP contribution >= 0.6 is 0 Å². The molecule has 0 bridgehead atoms. The van der Waals surface area contributed by atoms with Crippen molar-refractivity contribution in [2.24, 2.45) is 9.98 Å². The molecular formula is C42H28N4O2. The molecule has 2 aromatic heterocycles. The molecule has 6 nitrogen and oxygen atoms in total. The van der Waals surface area contributed by atoms with E-state index in [1.54, 1.807) is 0 Å². The van der Waals surface area contributed by atoms with E-state index in [1.807, 2.05) is 42.6 Å². The second kappa shape index (κ2) is 10.6. The Bertz CT molecular complexity index is 2660. The molecule has 0 saturated carbocycles. The minimum Gasteiger partial charge on any atom is -0.458 e. The Morgan fingerprint density at radius 3 is 2.33 bits per heavy atom. The van der Waals surface area contributed by atoms with Crippen LogP contribution in [-0.4, -0.2) is 11.7 Å². The van der Waals surface area contributed by atoms with Crippen molar-refractivity contribution in [2.45, 2.75) is 12.7 Å². The fourth-order valence-electron chi connectivity index (χ4n) is 7.11. The molecule has 0 aliphatic carbocycles. The predicted molar refractivity (Wildman–Crippen MR) is 194 cm³/mol. The third-order valence-corrected chi connectivity index (χ3v) is 9.37. The average Bonchev–Trinajstić information content (AvgIpc) is 3.73. The zero-order chi connectivity index (χ0) is 31.6. The molecule has 0 radical (unpaired) electrons. The molecule has 0 fully saturated rings. The standard InChI is InChI=1S/C42H28N4O2/c1-2-9-25(10-3-1)29-22-33(39-31-19-20-43-24-37(31)48-36(39)23-29)42-45-40(28-18-17-26-11-4-5-12-27(26)21-28)44-41(46-42)32-14-8-16-35-38(32)30-13-6-7-15-34(30)47-35/h1-23,41,43H,24H2,(H,44,45,46). The van der Waals surface area contributed by atoms with Crippen molar-refractivity contribution in [1.29, 1.82) is 0 Å². The lowest BCUT2D eigenvalue weighted by Gasteiger charge is -2.24. The highest BCUT2D eigenvalue weighted by molar-refractivity contribution is 6.22. The molecule has 6 aromatic carbocycles. The van der Waals surface area contributed by atoms with Gasteiger partial charge in [0.15, 0.2) is 6.17 Å². The zero-order valence-corrected chi connectivity index (χ0v) is 25.8. The number of hydrogen-bond acceptors (Lipinski definition) is 6. The second-order valence-corrected chi connectivity index (χ2v) is 12.3. The Hall–Kier alpha value is -6.40. The van der Waals surface area contributed by atoms with Crippen LogP contribution in [0.4, 0.5) is 0 Å². The van der Waals surface area contributed by atoms with Gasteiger partial charge in [-0.1, -0.05) is 97.1 Å². The van der Waals surface area contributed by atoms with Crippen LogP contribution in [0.5, 0.6) is 0 Å². The van der Waals surface area contributed by atoms with Crippen molar-refractivity contribution >= 4 is 61.4 Å². The first kappa shape index (κ1) is 26.8. The monoisotopic (exact) mass is 620 g/mol. The molecule has 0 saturated heterocycles. The SMILES string of the molecule is C1=Cc2c(oc3cc(-c4ccccc4)cc(C4=NC(c5cccc6oc7ccccc7c56)N=C(c5ccc6ccccc6c5)N4)c23)CN1. The number of amidine groups is 2. The first-order valence-electron chi connectivity index (χ1n) is 16.1. The summed E-state index contributed by atoms with van der Waals surface area (Å²) in [5, 5.41) is 12.4. The maximum atomic E-state index is 6.51. The van der Waals surface area contributed by atoms with Crippen LogP contribution in [-0.2, 0) is 6.54 Å². The van der Waals surface area contributed by atoms with Crippen molar-refractivity contribution < 1.29 is 8.83 Å². The van der Waals surface area contributed by atoms with E-state index in [9.17, 15) is 0 Å². The summed E-state index contributed by atoms with van der Waals surface area (Å²) in [7, 11) is 0. The van der Waals surface area contributed by atoms with Crippen molar-refractivity contribution in [3.05, 3.63) is 162 Å². The molecule has 228 valence electrons. The van der Waals surface area contributed by atoms with Crippen molar-refractivity contribution in [3.8, 4) is 11.1 Å². The number of nitrogens with zero attached hydrogens (tertiary/aromatic N) is 2. The van der Waals surface area contributed by atoms with Crippen LogP contribution in [0.25, 0.3) is 60.9 Å². The van der Waals surface area contributed by atoms with Crippen LogP contribution in [0.1, 0.15) is 34.2 Å². The minimum absolute atomic E-state index is 0.525. The highest BCUT2D eigenvalue weighted by Gasteiger charge is 2.27. The fraction of sp³-hybridized carbons (Fsp3) is 0.0476. The summed E-state index contributed by atoms with van der Waals surface area (Å²) in [5.74, 6) is 2.40. The van der Waals surface area contributed by atoms with Gasteiger partial charge in [0.1, 0.15) is 34.2 Å². The first-order valence-corrected chi connectivity index (χ1v) is 16.1. The summed E-state index contributed by atoms with van der Waals surface area (Å²) in [5.41, 5.74) is 8.66. The molecule has 0 amide bonds. The highest BCUT2D eigenvalue weighted by atomic mass is 16.3. The van der Waals surface area contributed by atoms with Crippen LogP contribution in [0.15, 0.2) is 152 Å². The smallest absolute Gasteiger partial charge is 0.170 e. The lowest BCUT2D eigenvalue weighted by Crippen LogP contribution is -2.36. The van der Waals surface area contributed by atoms with Gasteiger partial charge in [-0.05, 0) is 64.5 Å². The molecule has 0 spiro atoms. The Morgan fingerprint density at radius 2 is 1.40 bits per heavy atom. The van der Waals surface area contributed by atoms with Gasteiger partial charge in [-0.25, -0.2) is 9.98 Å². The Kier molecular flexibility index (Phi) is 5.90. The van der Waals surface area contributed by atoms with E-state index in [4.69, 9.17) is 18.8 Å². The maximum Gasteiger partial charge on any atom is 0.170 e. The van der Waals surface area contributed by atoms with E-state index in [0.29, 0.717) is 6.54 Å². The van der Waals surface area contributed by atoms with Gasteiger partial charge in [0.25, 0.3) is 0 Å². The molecule has 10 rings (SSSR count). The third kappa shape index (κ3) is 4.27. The van der Waals surface area contributed by atoms with E-state index < -0.39 is 6.17 Å². The van der Waals surface area contributed by atoms with Crippen LogP contribution in [0.3, 0.4) is 0 Å². The van der Waals surface area contributed by atoms with Gasteiger partial charge in [-0.15, -0.1) is 0 Å². The number of aliphatic imine (C=N–C) groups is 2. The van der Waals surface area contributed by atoms with E-state index in [2.05, 4.69) is 108 Å². The summed E-state index contributed by atoms with van der Waals surface area (Å²) >= 11 is 0. The molecule has 4 heterocycles. The quantitative estimate of drug-likeness (QED) is 0.205. The number of benzene rings is 6. The molecule has 1 atom stereocenters. The van der Waals surface area contributed by atoms with Crippen molar-refractivity contribution in [1.82, 2.24) is 10.6 Å². The van der Waals surface area contributed by atoms with E-state index in [0.717, 1.165) is 89.1 Å². The summed E-state index contributed by atoms with van der Waals surface area (Å²) in [4.78, 5) is 10.7. The molecule has 8 aromatic rings. The average molecular weight is 621 g/mol. The lowest BCUT2D eigenvalue weighted by atomic mass is 9.96. The summed E-state index contributed by atoms with van der Waals surface area (Å²) in [6.07, 6.45) is 3.55. The number of nitrogens with one attached hydrogen (secondary N) is 2. The van der Waals surface area contributed by atoms with Crippen LogP contribution in [0, 0.1) is 0 Å². The van der Waals surface area contributed by atoms with Crippen molar-refractivity contribution in [2.75, 3.05) is 0 Å². The number of para-hydroxylation sites is 1. The van der Waals surface area contributed by atoms with E-state index in [1.165, 1.54) is 5.39 Å². The Balaban J connectivity index is 1.23. The van der Waals surface area contributed by atoms with E-state index in [-0.39, 0.29) is 0 Å². The van der Waals surface area contributed by atoms with Gasteiger partial charge in [-0.3, -0.25) is 0 Å². The molecule has 2 aliphatic heterocycles. The fourth-order valence-corrected chi connectivity index (χ4v) is 7.11. The molecule has 6 heteroatoms. The normalized spacial score (nSPS) is 15.7. The predicted octanol–water partition coefficient (Wildman–Crippen LogP) is 9.72. The number of furan rings is 2. The molecule has 2 aliphatic rings. The second-order valence-electron chi connectivity index (χ2n) is 12.3. The third-order valence-electron chi connectivity index (χ3n) is 9.37. The molecular weight excluding hydrogens is 592 g/mol. The van der Waals surface area contributed by atoms with Crippen LogP contribution < -0.4 is 10.6 Å². The van der Waals surface area contributed by atoms with Crippen LogP contribution in [0.2, 0.25) is 0 Å². The highest BCUT2D eigenvalue weighted by Crippen LogP contribution is 2.39. The van der Waals surface area contributed by atoms with Gasteiger partial charge in [-0.2, -0.15) is 0 Å². The van der Waals surface area contributed by atoms with Gasteiger partial charge in [0.2, 0.25) is 0 Å². The Labute approximate surface area is 275 Å². The van der Waals surface area contributed by atoms with Gasteiger partial charge in [0, 0.05) is 38.4 Å².